The van der Waals surface area contributed by atoms with Crippen molar-refractivity contribution in [2.75, 3.05) is 6.61 Å². The van der Waals surface area contributed by atoms with Crippen LogP contribution in [0.1, 0.15) is 60.3 Å². The second-order valence-corrected chi connectivity index (χ2v) is 7.15. The molecule has 0 bridgehead atoms. The Morgan fingerprint density at radius 1 is 1.18 bits per heavy atom. The van der Waals surface area contributed by atoms with Gasteiger partial charge in [0.05, 0.1) is 6.10 Å². The minimum absolute atomic E-state index is 0.300. The molecule has 3 atom stereocenters. The highest BCUT2D eigenvalue weighted by Crippen LogP contribution is 2.45. The average Bonchev–Trinajstić information content (AvgIpc) is 2.57. The van der Waals surface area contributed by atoms with Gasteiger partial charge in [-0.15, -0.1) is 0 Å². The zero-order valence-electron chi connectivity index (χ0n) is 12.2. The van der Waals surface area contributed by atoms with Crippen molar-refractivity contribution < 1.29 is 4.74 Å². The summed E-state index contributed by atoms with van der Waals surface area (Å²) < 4.78 is 5.80. The fraction of sp³-hybridized carbons (Fsp3) is 1.00. The van der Waals surface area contributed by atoms with E-state index in [-0.39, 0.29) is 0 Å². The van der Waals surface area contributed by atoms with Crippen LogP contribution in [0.3, 0.4) is 0 Å². The SMILES string of the molecule is CCOC1CC(NC2CCCC2(C)C)C1(C)C. The summed E-state index contributed by atoms with van der Waals surface area (Å²) in [6.07, 6.45) is 5.74. The molecule has 2 rings (SSSR count). The Balaban J connectivity index is 1.89. The summed E-state index contributed by atoms with van der Waals surface area (Å²) in [5.74, 6) is 0. The maximum Gasteiger partial charge on any atom is 0.0655 e. The molecule has 0 spiro atoms. The first-order valence-electron chi connectivity index (χ1n) is 7.25. The Kier molecular flexibility index (Phi) is 3.57. The Labute approximate surface area is 107 Å². The second-order valence-electron chi connectivity index (χ2n) is 7.15. The van der Waals surface area contributed by atoms with Crippen LogP contribution < -0.4 is 5.32 Å². The van der Waals surface area contributed by atoms with Crippen LogP contribution in [-0.4, -0.2) is 24.8 Å². The van der Waals surface area contributed by atoms with Gasteiger partial charge in [0.25, 0.3) is 0 Å². The van der Waals surface area contributed by atoms with Gasteiger partial charge in [-0.3, -0.25) is 0 Å². The number of hydrogen-bond donors (Lipinski definition) is 1. The lowest BCUT2D eigenvalue weighted by atomic mass is 9.64. The second kappa shape index (κ2) is 4.55. The molecule has 100 valence electrons. The third kappa shape index (κ3) is 2.39. The zero-order valence-corrected chi connectivity index (χ0v) is 12.2. The molecule has 0 aromatic heterocycles. The van der Waals surface area contributed by atoms with E-state index in [9.17, 15) is 0 Å². The lowest BCUT2D eigenvalue weighted by Gasteiger charge is -2.53. The maximum absolute atomic E-state index is 5.80. The summed E-state index contributed by atoms with van der Waals surface area (Å²) >= 11 is 0. The van der Waals surface area contributed by atoms with E-state index in [0.717, 1.165) is 6.61 Å². The van der Waals surface area contributed by atoms with E-state index in [1.807, 2.05) is 0 Å². The van der Waals surface area contributed by atoms with Crippen molar-refractivity contribution in [3.8, 4) is 0 Å². The maximum atomic E-state index is 5.80. The highest BCUT2D eigenvalue weighted by atomic mass is 16.5. The van der Waals surface area contributed by atoms with Crippen molar-refractivity contribution in [3.05, 3.63) is 0 Å². The summed E-state index contributed by atoms with van der Waals surface area (Å²) in [6, 6.07) is 1.34. The van der Waals surface area contributed by atoms with Crippen LogP contribution in [0.25, 0.3) is 0 Å². The van der Waals surface area contributed by atoms with E-state index < -0.39 is 0 Å². The molecule has 0 amide bonds. The van der Waals surface area contributed by atoms with Gasteiger partial charge in [-0.05, 0) is 31.6 Å². The number of hydrogen-bond acceptors (Lipinski definition) is 2. The molecular formula is C15H29NO. The lowest BCUT2D eigenvalue weighted by molar-refractivity contribution is -0.118. The molecule has 0 heterocycles. The molecule has 2 nitrogen and oxygen atoms in total. The highest BCUT2D eigenvalue weighted by Gasteiger charge is 2.50. The van der Waals surface area contributed by atoms with E-state index in [4.69, 9.17) is 4.74 Å². The van der Waals surface area contributed by atoms with Crippen LogP contribution >= 0.6 is 0 Å². The van der Waals surface area contributed by atoms with Crippen LogP contribution in [-0.2, 0) is 4.74 Å². The Bertz CT molecular complexity index is 272. The van der Waals surface area contributed by atoms with Crippen LogP contribution in [0.5, 0.6) is 0 Å². The Morgan fingerprint density at radius 3 is 2.35 bits per heavy atom. The topological polar surface area (TPSA) is 21.3 Å². The molecule has 2 aliphatic carbocycles. The Morgan fingerprint density at radius 2 is 1.88 bits per heavy atom. The zero-order chi connectivity index (χ0) is 12.7. The van der Waals surface area contributed by atoms with E-state index in [1.165, 1.54) is 25.7 Å². The van der Waals surface area contributed by atoms with E-state index in [2.05, 4.69) is 39.9 Å². The smallest absolute Gasteiger partial charge is 0.0655 e. The van der Waals surface area contributed by atoms with Gasteiger partial charge in [0.2, 0.25) is 0 Å². The average molecular weight is 239 g/mol. The quantitative estimate of drug-likeness (QED) is 0.812. The van der Waals surface area contributed by atoms with Gasteiger partial charge < -0.3 is 10.1 Å². The van der Waals surface area contributed by atoms with Gasteiger partial charge in [-0.2, -0.15) is 0 Å². The first-order chi connectivity index (χ1) is 7.88. The fourth-order valence-electron chi connectivity index (χ4n) is 3.53. The number of nitrogens with one attached hydrogen (secondary N) is 1. The van der Waals surface area contributed by atoms with Gasteiger partial charge in [-0.1, -0.05) is 34.1 Å². The largest absolute Gasteiger partial charge is 0.378 e. The minimum atomic E-state index is 0.300. The lowest BCUT2D eigenvalue weighted by Crippen LogP contribution is -2.63. The minimum Gasteiger partial charge on any atom is -0.378 e. The van der Waals surface area contributed by atoms with E-state index >= 15 is 0 Å². The summed E-state index contributed by atoms with van der Waals surface area (Å²) in [5.41, 5.74) is 0.779. The number of rotatable bonds is 4. The molecule has 17 heavy (non-hydrogen) atoms. The fourth-order valence-corrected chi connectivity index (χ4v) is 3.53. The van der Waals surface area contributed by atoms with Crippen LogP contribution in [0.4, 0.5) is 0 Å². The molecule has 0 aromatic carbocycles. The summed E-state index contributed by atoms with van der Waals surface area (Å²) in [6.45, 7) is 12.4. The predicted octanol–water partition coefficient (Wildman–Crippen LogP) is 3.36. The molecular weight excluding hydrogens is 210 g/mol. The van der Waals surface area contributed by atoms with Crippen molar-refractivity contribution in [2.24, 2.45) is 10.8 Å². The molecule has 2 heteroatoms. The van der Waals surface area contributed by atoms with Gasteiger partial charge in [-0.25, -0.2) is 0 Å². The van der Waals surface area contributed by atoms with Gasteiger partial charge >= 0.3 is 0 Å². The molecule has 0 saturated heterocycles. The molecule has 1 N–H and O–H groups in total. The normalized spacial score (nSPS) is 39.0. The molecule has 0 radical (unpaired) electrons. The van der Waals surface area contributed by atoms with Gasteiger partial charge in [0.15, 0.2) is 0 Å². The Hall–Kier alpha value is -0.0800. The van der Waals surface area contributed by atoms with E-state index in [1.54, 1.807) is 0 Å². The standard InChI is InChI=1S/C15H29NO/c1-6-17-13-10-12(15(13,4)5)16-11-8-7-9-14(11,2)3/h11-13,16H,6-10H2,1-5H3. The molecule has 0 aliphatic heterocycles. The van der Waals surface area contributed by atoms with Crippen molar-refractivity contribution in [2.45, 2.75) is 78.5 Å². The summed E-state index contributed by atoms with van der Waals surface area (Å²) in [7, 11) is 0. The van der Waals surface area contributed by atoms with Gasteiger partial charge in [0.1, 0.15) is 0 Å². The monoisotopic (exact) mass is 239 g/mol. The predicted molar refractivity (Wildman–Crippen MR) is 72.2 cm³/mol. The molecule has 2 fully saturated rings. The van der Waals surface area contributed by atoms with Gasteiger partial charge in [0, 0.05) is 24.1 Å². The molecule has 2 saturated carbocycles. The first kappa shape index (κ1) is 13.4. The van der Waals surface area contributed by atoms with Crippen LogP contribution in [0, 0.1) is 10.8 Å². The van der Waals surface area contributed by atoms with Crippen molar-refractivity contribution >= 4 is 0 Å². The molecule has 2 aliphatic rings. The van der Waals surface area contributed by atoms with Crippen molar-refractivity contribution in [1.29, 1.82) is 0 Å². The summed E-state index contributed by atoms with van der Waals surface area (Å²) in [4.78, 5) is 0. The third-order valence-corrected chi connectivity index (χ3v) is 5.21. The highest BCUT2D eigenvalue weighted by molar-refractivity contribution is 5.05. The van der Waals surface area contributed by atoms with E-state index in [0.29, 0.717) is 29.0 Å². The third-order valence-electron chi connectivity index (χ3n) is 5.21. The number of ether oxygens (including phenoxy) is 1. The first-order valence-corrected chi connectivity index (χ1v) is 7.25. The van der Waals surface area contributed by atoms with Crippen LogP contribution in [0.15, 0.2) is 0 Å². The molecule has 3 unspecified atom stereocenters. The van der Waals surface area contributed by atoms with Crippen molar-refractivity contribution in [3.63, 3.8) is 0 Å². The van der Waals surface area contributed by atoms with Crippen LogP contribution in [0.2, 0.25) is 0 Å². The molecule has 0 aromatic rings. The van der Waals surface area contributed by atoms with Crippen molar-refractivity contribution in [1.82, 2.24) is 5.32 Å². The summed E-state index contributed by atoms with van der Waals surface area (Å²) in [5, 5.41) is 3.90.